The number of aromatic nitrogens is 2. The molecule has 6 heteroatoms. The minimum Gasteiger partial charge on any atom is -0.453 e. The van der Waals surface area contributed by atoms with Gasteiger partial charge in [-0.3, -0.25) is 0 Å². The zero-order valence-corrected chi connectivity index (χ0v) is 14.2. The van der Waals surface area contributed by atoms with Gasteiger partial charge in [0.05, 0.1) is 10.2 Å². The van der Waals surface area contributed by atoms with E-state index >= 15 is 0 Å². The van der Waals surface area contributed by atoms with E-state index in [1.807, 2.05) is 54.6 Å². The van der Waals surface area contributed by atoms with Gasteiger partial charge in [0.25, 0.3) is 0 Å². The van der Waals surface area contributed by atoms with Gasteiger partial charge in [0, 0.05) is 5.56 Å². The van der Waals surface area contributed by atoms with Crippen molar-refractivity contribution in [2.45, 2.75) is 13.5 Å². The lowest BCUT2D eigenvalue weighted by molar-refractivity contribution is 0.0464. The molecule has 2 aromatic heterocycles. The maximum Gasteiger partial charge on any atom is 0.361 e. The molecule has 0 aliphatic carbocycles. The van der Waals surface area contributed by atoms with Crippen LogP contribution >= 0.6 is 11.3 Å². The summed E-state index contributed by atoms with van der Waals surface area (Å²) >= 11 is 1.51. The number of hydrogen-bond acceptors (Lipinski definition) is 6. The first-order valence-corrected chi connectivity index (χ1v) is 8.57. The Kier molecular flexibility index (Phi) is 4.03. The second-order valence-corrected chi connectivity index (χ2v) is 6.56. The Bertz CT molecular complexity index is 1000. The number of thiazole rings is 1. The molecule has 0 radical (unpaired) electrons. The quantitative estimate of drug-likeness (QED) is 0.503. The SMILES string of the molecule is Cc1oc(-c2ccccc2)nc1C(=O)OCc1nc2ccccc2s1. The molecule has 124 valence electrons. The van der Waals surface area contributed by atoms with Gasteiger partial charge < -0.3 is 9.15 Å². The predicted octanol–water partition coefficient (Wildman–Crippen LogP) is 4.62. The third-order valence-electron chi connectivity index (χ3n) is 3.68. The lowest BCUT2D eigenvalue weighted by Gasteiger charge is -1.99. The molecule has 0 bridgehead atoms. The van der Waals surface area contributed by atoms with Crippen molar-refractivity contribution >= 4 is 27.5 Å². The van der Waals surface area contributed by atoms with Gasteiger partial charge in [-0.1, -0.05) is 30.3 Å². The molecule has 0 fully saturated rings. The zero-order chi connectivity index (χ0) is 17.2. The standard InChI is InChI=1S/C19H14N2O3S/c1-12-17(21-18(24-12)13-7-3-2-4-8-13)19(22)23-11-16-20-14-9-5-6-10-15(14)25-16/h2-10H,11H2,1H3. The molecule has 0 amide bonds. The van der Waals surface area contributed by atoms with Crippen molar-refractivity contribution in [2.24, 2.45) is 0 Å². The van der Waals surface area contributed by atoms with Crippen LogP contribution in [0.1, 0.15) is 21.3 Å². The largest absolute Gasteiger partial charge is 0.453 e. The number of benzene rings is 2. The fourth-order valence-electron chi connectivity index (χ4n) is 2.47. The number of carbonyl (C=O) groups is 1. The Morgan fingerprint density at radius 3 is 2.64 bits per heavy atom. The lowest BCUT2D eigenvalue weighted by atomic mass is 10.2. The van der Waals surface area contributed by atoms with Gasteiger partial charge in [-0.05, 0) is 31.2 Å². The number of ether oxygens (including phenoxy) is 1. The van der Waals surface area contributed by atoms with Crippen LogP contribution in [0.2, 0.25) is 0 Å². The smallest absolute Gasteiger partial charge is 0.361 e. The molecule has 0 aliphatic rings. The van der Waals surface area contributed by atoms with Crippen LogP contribution in [-0.4, -0.2) is 15.9 Å². The second kappa shape index (κ2) is 6.49. The molecule has 0 saturated carbocycles. The highest BCUT2D eigenvalue weighted by molar-refractivity contribution is 7.18. The molecule has 4 aromatic rings. The Morgan fingerprint density at radius 2 is 1.84 bits per heavy atom. The minimum atomic E-state index is -0.511. The number of carbonyl (C=O) groups excluding carboxylic acids is 1. The number of para-hydroxylation sites is 1. The molecule has 0 saturated heterocycles. The first kappa shape index (κ1) is 15.5. The van der Waals surface area contributed by atoms with Crippen molar-refractivity contribution in [3.05, 3.63) is 71.1 Å². The second-order valence-electron chi connectivity index (χ2n) is 5.44. The fourth-order valence-corrected chi connectivity index (χ4v) is 3.35. The van der Waals surface area contributed by atoms with Gasteiger partial charge >= 0.3 is 5.97 Å². The van der Waals surface area contributed by atoms with Crippen LogP contribution in [0.15, 0.2) is 59.0 Å². The monoisotopic (exact) mass is 350 g/mol. The number of oxazole rings is 1. The molecular formula is C19H14N2O3S. The van der Waals surface area contributed by atoms with Crippen LogP contribution in [0, 0.1) is 6.92 Å². The molecule has 2 aromatic carbocycles. The van der Waals surface area contributed by atoms with Crippen LogP contribution in [0.3, 0.4) is 0 Å². The van der Waals surface area contributed by atoms with Crippen molar-refractivity contribution in [1.82, 2.24) is 9.97 Å². The Hall–Kier alpha value is -2.99. The summed E-state index contributed by atoms with van der Waals surface area (Å²) in [5.74, 6) is 0.334. The van der Waals surface area contributed by atoms with Crippen LogP contribution in [0.25, 0.3) is 21.7 Å². The fraction of sp³-hybridized carbons (Fsp3) is 0.105. The third-order valence-corrected chi connectivity index (χ3v) is 4.69. The van der Waals surface area contributed by atoms with Crippen molar-refractivity contribution in [3.8, 4) is 11.5 Å². The average Bonchev–Trinajstić information content (AvgIpc) is 3.23. The van der Waals surface area contributed by atoms with Gasteiger partial charge in [-0.2, -0.15) is 0 Å². The van der Waals surface area contributed by atoms with Crippen molar-refractivity contribution in [3.63, 3.8) is 0 Å². The average molecular weight is 350 g/mol. The van der Waals surface area contributed by atoms with E-state index in [4.69, 9.17) is 9.15 Å². The maximum atomic E-state index is 12.3. The molecule has 0 atom stereocenters. The van der Waals surface area contributed by atoms with E-state index in [1.54, 1.807) is 6.92 Å². The van der Waals surface area contributed by atoms with Crippen molar-refractivity contribution < 1.29 is 13.9 Å². The van der Waals surface area contributed by atoms with E-state index in [2.05, 4.69) is 9.97 Å². The van der Waals surface area contributed by atoms with Crippen LogP contribution in [-0.2, 0) is 11.3 Å². The molecule has 0 spiro atoms. The topological polar surface area (TPSA) is 65.2 Å². The van der Waals surface area contributed by atoms with Gasteiger partial charge in [-0.15, -0.1) is 11.3 Å². The zero-order valence-electron chi connectivity index (χ0n) is 13.4. The molecular weight excluding hydrogens is 336 g/mol. The van der Waals surface area contributed by atoms with E-state index in [-0.39, 0.29) is 12.3 Å². The summed E-state index contributed by atoms with van der Waals surface area (Å²) in [5.41, 5.74) is 1.92. The van der Waals surface area contributed by atoms with Crippen LogP contribution < -0.4 is 0 Å². The molecule has 0 unspecified atom stereocenters. The molecule has 25 heavy (non-hydrogen) atoms. The summed E-state index contributed by atoms with van der Waals surface area (Å²) in [4.78, 5) is 21.1. The number of fused-ring (bicyclic) bond motifs is 1. The highest BCUT2D eigenvalue weighted by Crippen LogP contribution is 2.24. The maximum absolute atomic E-state index is 12.3. The number of aryl methyl sites for hydroxylation is 1. The van der Waals surface area contributed by atoms with Crippen LogP contribution in [0.4, 0.5) is 0 Å². The van der Waals surface area contributed by atoms with Crippen molar-refractivity contribution in [1.29, 1.82) is 0 Å². The summed E-state index contributed by atoms with van der Waals surface area (Å²) in [7, 11) is 0. The highest BCUT2D eigenvalue weighted by atomic mass is 32.1. The first-order valence-electron chi connectivity index (χ1n) is 7.75. The number of rotatable bonds is 4. The molecule has 2 heterocycles. The van der Waals surface area contributed by atoms with Crippen LogP contribution in [0.5, 0.6) is 0 Å². The molecule has 0 aliphatic heterocycles. The molecule has 5 nitrogen and oxygen atoms in total. The lowest BCUT2D eigenvalue weighted by Crippen LogP contribution is -2.07. The van der Waals surface area contributed by atoms with E-state index < -0.39 is 5.97 Å². The first-order chi connectivity index (χ1) is 12.2. The molecule has 4 rings (SSSR count). The van der Waals surface area contributed by atoms with Crippen molar-refractivity contribution in [2.75, 3.05) is 0 Å². The number of nitrogens with zero attached hydrogens (tertiary/aromatic N) is 2. The Morgan fingerprint density at radius 1 is 1.08 bits per heavy atom. The van der Waals surface area contributed by atoms with E-state index in [9.17, 15) is 4.79 Å². The summed E-state index contributed by atoms with van der Waals surface area (Å²) in [6.07, 6.45) is 0. The summed E-state index contributed by atoms with van der Waals surface area (Å²) < 4.78 is 12.0. The third kappa shape index (κ3) is 3.16. The number of esters is 1. The normalized spacial score (nSPS) is 10.9. The van der Waals surface area contributed by atoms with E-state index in [0.717, 1.165) is 20.8 Å². The summed E-state index contributed by atoms with van der Waals surface area (Å²) in [6, 6.07) is 17.3. The minimum absolute atomic E-state index is 0.116. The Labute approximate surface area is 147 Å². The molecule has 0 N–H and O–H groups in total. The predicted molar refractivity (Wildman–Crippen MR) is 95.4 cm³/mol. The van der Waals surface area contributed by atoms with E-state index in [1.165, 1.54) is 11.3 Å². The Balaban J connectivity index is 1.50. The van der Waals surface area contributed by atoms with Gasteiger partial charge in [0.2, 0.25) is 5.89 Å². The van der Waals surface area contributed by atoms with E-state index in [0.29, 0.717) is 11.7 Å². The highest BCUT2D eigenvalue weighted by Gasteiger charge is 2.20. The van der Waals surface area contributed by atoms with Gasteiger partial charge in [0.1, 0.15) is 17.4 Å². The summed E-state index contributed by atoms with van der Waals surface area (Å²) in [6.45, 7) is 1.82. The van der Waals surface area contributed by atoms with Gasteiger partial charge in [-0.25, -0.2) is 14.8 Å². The summed E-state index contributed by atoms with van der Waals surface area (Å²) in [5, 5.41) is 0.749. The number of hydrogen-bond donors (Lipinski definition) is 0. The van der Waals surface area contributed by atoms with Gasteiger partial charge in [0.15, 0.2) is 5.69 Å².